The number of rotatable bonds is 6. The topological polar surface area (TPSA) is 21.3 Å². The first-order valence-corrected chi connectivity index (χ1v) is 8.51. The van der Waals surface area contributed by atoms with E-state index in [0.29, 0.717) is 23.2 Å². The standard InChI is InChI=1S/C20H16Cl2FNO/c21-16-6-5-15(19(22)11-16)13-25-20-4-2-1-3-14(20)12-24-18-9-7-17(23)8-10-18/h1-11,24H,12-13H2. The first-order chi connectivity index (χ1) is 12.1. The minimum atomic E-state index is -0.255. The maximum absolute atomic E-state index is 13.0. The van der Waals surface area contributed by atoms with Crippen molar-refractivity contribution in [2.45, 2.75) is 13.2 Å². The Balaban J connectivity index is 1.67. The van der Waals surface area contributed by atoms with E-state index in [-0.39, 0.29) is 5.82 Å². The van der Waals surface area contributed by atoms with Crippen LogP contribution in [0.5, 0.6) is 5.75 Å². The van der Waals surface area contributed by atoms with Gasteiger partial charge in [0.15, 0.2) is 0 Å². The summed E-state index contributed by atoms with van der Waals surface area (Å²) >= 11 is 12.1. The van der Waals surface area contributed by atoms with E-state index in [1.165, 1.54) is 12.1 Å². The number of nitrogens with one attached hydrogen (secondary N) is 1. The van der Waals surface area contributed by atoms with Gasteiger partial charge in [0.1, 0.15) is 18.2 Å². The van der Waals surface area contributed by atoms with Gasteiger partial charge in [-0.1, -0.05) is 47.5 Å². The van der Waals surface area contributed by atoms with E-state index in [4.69, 9.17) is 27.9 Å². The van der Waals surface area contributed by atoms with Crippen LogP contribution in [0, 0.1) is 5.82 Å². The van der Waals surface area contributed by atoms with Crippen LogP contribution >= 0.6 is 23.2 Å². The monoisotopic (exact) mass is 375 g/mol. The van der Waals surface area contributed by atoms with Gasteiger partial charge in [-0.15, -0.1) is 0 Å². The molecule has 3 rings (SSSR count). The molecule has 0 saturated heterocycles. The molecule has 0 bridgehead atoms. The zero-order valence-corrected chi connectivity index (χ0v) is 14.8. The van der Waals surface area contributed by atoms with Crippen LogP contribution in [-0.4, -0.2) is 0 Å². The number of hydrogen-bond acceptors (Lipinski definition) is 2. The van der Waals surface area contributed by atoms with Crippen molar-refractivity contribution < 1.29 is 9.13 Å². The van der Waals surface area contributed by atoms with Crippen LogP contribution < -0.4 is 10.1 Å². The van der Waals surface area contributed by atoms with Gasteiger partial charge in [-0.2, -0.15) is 0 Å². The lowest BCUT2D eigenvalue weighted by atomic mass is 10.2. The average Bonchev–Trinajstić information content (AvgIpc) is 2.61. The van der Waals surface area contributed by atoms with Crippen molar-refractivity contribution in [3.05, 3.63) is 93.7 Å². The summed E-state index contributed by atoms with van der Waals surface area (Å²) < 4.78 is 18.9. The molecule has 0 aliphatic rings. The van der Waals surface area contributed by atoms with Gasteiger partial charge in [-0.05, 0) is 42.5 Å². The van der Waals surface area contributed by atoms with Crippen molar-refractivity contribution in [3.8, 4) is 5.75 Å². The summed E-state index contributed by atoms with van der Waals surface area (Å²) in [7, 11) is 0. The molecule has 0 radical (unpaired) electrons. The van der Waals surface area contributed by atoms with E-state index in [0.717, 1.165) is 22.6 Å². The highest BCUT2D eigenvalue weighted by Gasteiger charge is 2.06. The number of benzene rings is 3. The molecule has 0 aliphatic heterocycles. The van der Waals surface area contributed by atoms with Gasteiger partial charge in [-0.25, -0.2) is 4.39 Å². The normalized spacial score (nSPS) is 10.5. The second kappa shape index (κ2) is 8.24. The molecule has 5 heteroatoms. The smallest absolute Gasteiger partial charge is 0.124 e. The zero-order chi connectivity index (χ0) is 17.6. The summed E-state index contributed by atoms with van der Waals surface area (Å²) in [5.41, 5.74) is 2.71. The van der Waals surface area contributed by atoms with E-state index in [1.54, 1.807) is 24.3 Å². The third-order valence-electron chi connectivity index (χ3n) is 3.70. The molecule has 1 N–H and O–H groups in total. The molecule has 0 aliphatic carbocycles. The van der Waals surface area contributed by atoms with E-state index in [9.17, 15) is 4.39 Å². The van der Waals surface area contributed by atoms with Crippen LogP contribution in [0.2, 0.25) is 10.0 Å². The maximum atomic E-state index is 13.0. The molecule has 0 saturated carbocycles. The molecule has 0 aromatic heterocycles. The lowest BCUT2D eigenvalue weighted by Gasteiger charge is -2.13. The highest BCUT2D eigenvalue weighted by molar-refractivity contribution is 6.35. The lowest BCUT2D eigenvalue weighted by molar-refractivity contribution is 0.303. The molecule has 128 valence electrons. The highest BCUT2D eigenvalue weighted by Crippen LogP contribution is 2.25. The van der Waals surface area contributed by atoms with Crippen molar-refractivity contribution >= 4 is 28.9 Å². The summed E-state index contributed by atoms with van der Waals surface area (Å²) in [5, 5.41) is 4.43. The molecule has 0 unspecified atom stereocenters. The predicted molar refractivity (Wildman–Crippen MR) is 101 cm³/mol. The van der Waals surface area contributed by atoms with Gasteiger partial charge in [0, 0.05) is 33.4 Å². The fraction of sp³-hybridized carbons (Fsp3) is 0.100. The first-order valence-electron chi connectivity index (χ1n) is 7.76. The van der Waals surface area contributed by atoms with E-state index >= 15 is 0 Å². The molecular weight excluding hydrogens is 360 g/mol. The van der Waals surface area contributed by atoms with Gasteiger partial charge >= 0.3 is 0 Å². The second-order valence-electron chi connectivity index (χ2n) is 5.49. The Kier molecular flexibility index (Phi) is 5.79. The fourth-order valence-corrected chi connectivity index (χ4v) is 2.81. The molecule has 0 atom stereocenters. The Morgan fingerprint density at radius 1 is 0.880 bits per heavy atom. The third-order valence-corrected chi connectivity index (χ3v) is 4.29. The largest absolute Gasteiger partial charge is 0.488 e. The summed E-state index contributed by atoms with van der Waals surface area (Å²) in [6.07, 6.45) is 0. The van der Waals surface area contributed by atoms with Crippen molar-refractivity contribution in [1.82, 2.24) is 0 Å². The van der Waals surface area contributed by atoms with Crippen LogP contribution in [0.15, 0.2) is 66.7 Å². The molecule has 0 amide bonds. The minimum Gasteiger partial charge on any atom is -0.488 e. The van der Waals surface area contributed by atoms with Crippen LogP contribution in [-0.2, 0) is 13.2 Å². The number of halogens is 3. The molecule has 25 heavy (non-hydrogen) atoms. The number of ether oxygens (including phenoxy) is 1. The SMILES string of the molecule is Fc1ccc(NCc2ccccc2OCc2ccc(Cl)cc2Cl)cc1. The Labute approximate surface area is 156 Å². The van der Waals surface area contributed by atoms with E-state index in [2.05, 4.69) is 5.32 Å². The number of anilines is 1. The molecule has 0 spiro atoms. The van der Waals surface area contributed by atoms with E-state index in [1.807, 2.05) is 30.3 Å². The summed E-state index contributed by atoms with van der Waals surface area (Å²) in [5.74, 6) is 0.511. The van der Waals surface area contributed by atoms with Crippen molar-refractivity contribution in [2.75, 3.05) is 5.32 Å². The van der Waals surface area contributed by atoms with Crippen LogP contribution in [0.3, 0.4) is 0 Å². The molecule has 2 nitrogen and oxygen atoms in total. The van der Waals surface area contributed by atoms with Gasteiger partial charge in [0.05, 0.1) is 0 Å². The molecule has 0 fully saturated rings. The minimum absolute atomic E-state index is 0.255. The van der Waals surface area contributed by atoms with Crippen LogP contribution in [0.1, 0.15) is 11.1 Å². The van der Waals surface area contributed by atoms with Gasteiger partial charge in [0.25, 0.3) is 0 Å². The Morgan fingerprint density at radius 2 is 1.64 bits per heavy atom. The molecule has 3 aromatic rings. The zero-order valence-electron chi connectivity index (χ0n) is 13.3. The third kappa shape index (κ3) is 4.88. The lowest BCUT2D eigenvalue weighted by Crippen LogP contribution is -2.04. The number of para-hydroxylation sites is 1. The average molecular weight is 376 g/mol. The predicted octanol–water partition coefficient (Wildman–Crippen LogP) is 6.32. The van der Waals surface area contributed by atoms with Gasteiger partial charge < -0.3 is 10.1 Å². The van der Waals surface area contributed by atoms with Crippen LogP contribution in [0.4, 0.5) is 10.1 Å². The maximum Gasteiger partial charge on any atom is 0.124 e. The quantitative estimate of drug-likeness (QED) is 0.543. The van der Waals surface area contributed by atoms with Gasteiger partial charge in [0.2, 0.25) is 0 Å². The summed E-state index contributed by atoms with van der Waals surface area (Å²) in [6.45, 7) is 0.916. The molecular formula is C20H16Cl2FNO. The van der Waals surface area contributed by atoms with Crippen molar-refractivity contribution in [2.24, 2.45) is 0 Å². The van der Waals surface area contributed by atoms with Crippen LogP contribution in [0.25, 0.3) is 0 Å². The second-order valence-corrected chi connectivity index (χ2v) is 6.34. The van der Waals surface area contributed by atoms with Gasteiger partial charge in [-0.3, -0.25) is 0 Å². The summed E-state index contributed by atoms with van der Waals surface area (Å²) in [6, 6.07) is 19.3. The van der Waals surface area contributed by atoms with E-state index < -0.39 is 0 Å². The molecule has 0 heterocycles. The Bertz CT molecular complexity index is 853. The first kappa shape index (κ1) is 17.6. The highest BCUT2D eigenvalue weighted by atomic mass is 35.5. The fourth-order valence-electron chi connectivity index (χ4n) is 2.35. The molecule has 3 aromatic carbocycles. The van der Waals surface area contributed by atoms with Crippen molar-refractivity contribution in [1.29, 1.82) is 0 Å². The summed E-state index contributed by atoms with van der Waals surface area (Å²) in [4.78, 5) is 0. The number of hydrogen-bond donors (Lipinski definition) is 1. The van der Waals surface area contributed by atoms with Crippen molar-refractivity contribution in [3.63, 3.8) is 0 Å². The Hall–Kier alpha value is -2.23. The Morgan fingerprint density at radius 3 is 2.40 bits per heavy atom.